The Labute approximate surface area is 166 Å². The minimum absolute atomic E-state index is 0.164. The molecule has 2 aromatic carbocycles. The number of nitrogens with zero attached hydrogens (tertiary/aromatic N) is 4. The van der Waals surface area contributed by atoms with E-state index < -0.39 is 0 Å². The Morgan fingerprint density at radius 3 is 2.78 bits per heavy atom. The monoisotopic (exact) mass is 428 g/mol. The number of ether oxygens (including phenoxy) is 2. The fourth-order valence-electron chi connectivity index (χ4n) is 3.23. The molecule has 1 atom stereocenters. The molecule has 4 rings (SSSR count). The van der Waals surface area contributed by atoms with Gasteiger partial charge in [-0.05, 0) is 35.4 Å². The summed E-state index contributed by atoms with van der Waals surface area (Å²) in [7, 11) is 1.68. The van der Waals surface area contributed by atoms with Gasteiger partial charge in [0.05, 0.1) is 26.5 Å². The molecule has 0 spiro atoms. The van der Waals surface area contributed by atoms with Gasteiger partial charge in [-0.1, -0.05) is 45.4 Å². The fraction of sp³-hybridized carbons (Fsp3) is 0.300. The van der Waals surface area contributed by atoms with Crippen LogP contribution in [0.15, 0.2) is 59.2 Å². The highest BCUT2D eigenvalue weighted by Gasteiger charge is 2.29. The van der Waals surface area contributed by atoms with Gasteiger partial charge in [0.15, 0.2) is 6.23 Å². The maximum absolute atomic E-state index is 5.93. The van der Waals surface area contributed by atoms with Crippen molar-refractivity contribution in [2.24, 2.45) is 0 Å². The lowest BCUT2D eigenvalue weighted by Gasteiger charge is -2.21. The van der Waals surface area contributed by atoms with E-state index in [1.165, 1.54) is 11.1 Å². The number of benzene rings is 2. The molecule has 0 bridgehead atoms. The quantitative estimate of drug-likeness (QED) is 0.599. The van der Waals surface area contributed by atoms with E-state index in [2.05, 4.69) is 55.4 Å². The molecule has 0 amide bonds. The smallest absolute Gasteiger partial charge is 0.157 e. The van der Waals surface area contributed by atoms with Gasteiger partial charge in [0, 0.05) is 17.6 Å². The number of aromatic nitrogens is 3. The van der Waals surface area contributed by atoms with E-state index in [1.807, 2.05) is 35.1 Å². The highest BCUT2D eigenvalue weighted by molar-refractivity contribution is 9.10. The van der Waals surface area contributed by atoms with Crippen molar-refractivity contribution in [1.82, 2.24) is 19.9 Å². The Kier molecular flexibility index (Phi) is 5.52. The third-order valence-corrected chi connectivity index (χ3v) is 5.07. The molecule has 27 heavy (non-hydrogen) atoms. The molecule has 1 aliphatic rings. The third-order valence-electron chi connectivity index (χ3n) is 4.57. The normalized spacial score (nSPS) is 17.3. The summed E-state index contributed by atoms with van der Waals surface area (Å²) in [4.78, 5) is 2.27. The van der Waals surface area contributed by atoms with Crippen LogP contribution in [-0.2, 0) is 17.8 Å². The lowest BCUT2D eigenvalue weighted by molar-refractivity contribution is 0.0252. The van der Waals surface area contributed by atoms with Crippen molar-refractivity contribution in [2.45, 2.75) is 19.3 Å². The van der Waals surface area contributed by atoms with Gasteiger partial charge in [0.2, 0.25) is 0 Å². The van der Waals surface area contributed by atoms with Crippen molar-refractivity contribution in [3.63, 3.8) is 0 Å². The molecule has 6 nitrogen and oxygen atoms in total. The molecule has 2 heterocycles. The minimum Gasteiger partial charge on any atom is -0.497 e. The molecule has 1 fully saturated rings. The van der Waals surface area contributed by atoms with Crippen LogP contribution < -0.4 is 4.74 Å². The van der Waals surface area contributed by atoms with Crippen molar-refractivity contribution in [3.05, 3.63) is 76.0 Å². The largest absolute Gasteiger partial charge is 0.497 e. The van der Waals surface area contributed by atoms with E-state index in [0.29, 0.717) is 13.2 Å². The molecule has 1 aliphatic heterocycles. The maximum Gasteiger partial charge on any atom is 0.157 e. The zero-order valence-electron chi connectivity index (χ0n) is 15.1. The van der Waals surface area contributed by atoms with Crippen LogP contribution in [0, 0.1) is 0 Å². The maximum atomic E-state index is 5.93. The van der Waals surface area contributed by atoms with Crippen molar-refractivity contribution in [2.75, 3.05) is 20.3 Å². The summed E-state index contributed by atoms with van der Waals surface area (Å²) in [6.07, 6.45) is 1.81. The summed E-state index contributed by atoms with van der Waals surface area (Å²) in [6, 6.07) is 16.3. The van der Waals surface area contributed by atoms with E-state index >= 15 is 0 Å². The summed E-state index contributed by atoms with van der Waals surface area (Å²) in [5.74, 6) is 0.864. The van der Waals surface area contributed by atoms with E-state index in [0.717, 1.165) is 29.0 Å². The van der Waals surface area contributed by atoms with Crippen molar-refractivity contribution in [1.29, 1.82) is 0 Å². The van der Waals surface area contributed by atoms with Gasteiger partial charge in [0.1, 0.15) is 11.4 Å². The average Bonchev–Trinajstić information content (AvgIpc) is 3.31. The van der Waals surface area contributed by atoms with Crippen LogP contribution in [0.2, 0.25) is 0 Å². The number of rotatable bonds is 6. The molecule has 1 unspecified atom stereocenters. The molecule has 3 aromatic rings. The van der Waals surface area contributed by atoms with Gasteiger partial charge in [-0.15, -0.1) is 5.10 Å². The summed E-state index contributed by atoms with van der Waals surface area (Å²) >= 11 is 3.50. The van der Waals surface area contributed by atoms with E-state index in [9.17, 15) is 0 Å². The van der Waals surface area contributed by atoms with Gasteiger partial charge >= 0.3 is 0 Å². The first kappa shape index (κ1) is 18.2. The van der Waals surface area contributed by atoms with Crippen molar-refractivity contribution in [3.8, 4) is 5.75 Å². The third kappa shape index (κ3) is 4.37. The summed E-state index contributed by atoms with van der Waals surface area (Å²) < 4.78 is 14.1. The number of halogens is 1. The van der Waals surface area contributed by atoms with Gasteiger partial charge in [-0.25, -0.2) is 4.68 Å². The molecule has 1 saturated heterocycles. The zero-order chi connectivity index (χ0) is 18.6. The number of hydrogen-bond acceptors (Lipinski definition) is 5. The first-order chi connectivity index (χ1) is 13.2. The molecule has 1 aromatic heterocycles. The molecule has 0 saturated carbocycles. The second-order valence-electron chi connectivity index (χ2n) is 6.51. The topological polar surface area (TPSA) is 52.4 Å². The SMILES string of the molecule is COc1ccc(CN2CCOC2c2cn(Cc3cccc(Br)c3)nn2)cc1. The highest BCUT2D eigenvalue weighted by atomic mass is 79.9. The molecule has 0 N–H and O–H groups in total. The highest BCUT2D eigenvalue weighted by Crippen LogP contribution is 2.27. The van der Waals surface area contributed by atoms with Crippen LogP contribution in [0.25, 0.3) is 0 Å². The molecule has 0 aliphatic carbocycles. The zero-order valence-corrected chi connectivity index (χ0v) is 16.7. The average molecular weight is 429 g/mol. The van der Waals surface area contributed by atoms with Crippen LogP contribution in [0.3, 0.4) is 0 Å². The second-order valence-corrected chi connectivity index (χ2v) is 7.43. The van der Waals surface area contributed by atoms with Gasteiger partial charge in [-0.3, -0.25) is 4.90 Å². The molecular formula is C20H21BrN4O2. The predicted molar refractivity (Wildman–Crippen MR) is 105 cm³/mol. The summed E-state index contributed by atoms with van der Waals surface area (Å²) in [5.41, 5.74) is 3.23. The minimum atomic E-state index is -0.164. The Morgan fingerprint density at radius 1 is 1.15 bits per heavy atom. The summed E-state index contributed by atoms with van der Waals surface area (Å²) in [6.45, 7) is 3.04. The van der Waals surface area contributed by atoms with Crippen LogP contribution in [0.4, 0.5) is 0 Å². The van der Waals surface area contributed by atoms with E-state index in [4.69, 9.17) is 9.47 Å². The Morgan fingerprint density at radius 2 is 2.00 bits per heavy atom. The lowest BCUT2D eigenvalue weighted by Crippen LogP contribution is -2.23. The number of hydrogen-bond donors (Lipinski definition) is 0. The Balaban J connectivity index is 1.44. The van der Waals surface area contributed by atoms with E-state index in [1.54, 1.807) is 7.11 Å². The standard InChI is InChI=1S/C20H21BrN4O2/c1-26-18-7-5-15(6-8-18)12-24-9-10-27-20(24)19-14-25(23-22-19)13-16-3-2-4-17(21)11-16/h2-8,11,14,20H,9-10,12-13H2,1H3. The van der Waals surface area contributed by atoms with Crippen molar-refractivity contribution < 1.29 is 9.47 Å². The Hall–Kier alpha value is -2.22. The molecule has 0 radical (unpaired) electrons. The van der Waals surface area contributed by atoms with Crippen LogP contribution in [0.1, 0.15) is 23.0 Å². The van der Waals surface area contributed by atoms with Crippen LogP contribution in [0.5, 0.6) is 5.75 Å². The fourth-order valence-corrected chi connectivity index (χ4v) is 3.68. The first-order valence-corrected chi connectivity index (χ1v) is 9.63. The lowest BCUT2D eigenvalue weighted by atomic mass is 10.2. The van der Waals surface area contributed by atoms with Gasteiger partial charge < -0.3 is 9.47 Å². The van der Waals surface area contributed by atoms with Gasteiger partial charge in [-0.2, -0.15) is 0 Å². The Bertz CT molecular complexity index is 897. The van der Waals surface area contributed by atoms with Crippen molar-refractivity contribution >= 4 is 15.9 Å². The van der Waals surface area contributed by atoms with Crippen LogP contribution >= 0.6 is 15.9 Å². The number of methoxy groups -OCH3 is 1. The second kappa shape index (κ2) is 8.21. The van der Waals surface area contributed by atoms with E-state index in [-0.39, 0.29) is 6.23 Å². The van der Waals surface area contributed by atoms with Gasteiger partial charge in [0.25, 0.3) is 0 Å². The molecule has 140 valence electrons. The predicted octanol–water partition coefficient (Wildman–Crippen LogP) is 3.63. The summed E-state index contributed by atoms with van der Waals surface area (Å²) in [5, 5.41) is 8.63. The van der Waals surface area contributed by atoms with Crippen LogP contribution in [-0.4, -0.2) is 40.2 Å². The molecule has 7 heteroatoms. The first-order valence-electron chi connectivity index (χ1n) is 8.84. The molecular weight excluding hydrogens is 408 g/mol.